The second-order valence-corrected chi connectivity index (χ2v) is 3.00. The quantitative estimate of drug-likeness (QED) is 0.747. The first-order valence-corrected chi connectivity index (χ1v) is 4.42. The van der Waals surface area contributed by atoms with E-state index in [1.165, 1.54) is 21.1 Å². The van der Waals surface area contributed by atoms with Gasteiger partial charge in [0, 0.05) is 0 Å². The molecule has 16 heavy (non-hydrogen) atoms. The minimum Gasteiger partial charge on any atom is -0.494 e. The third kappa shape index (κ3) is 2.10. The van der Waals surface area contributed by atoms with Gasteiger partial charge >= 0.3 is 5.97 Å². The molecule has 0 radical (unpaired) electrons. The summed E-state index contributed by atoms with van der Waals surface area (Å²) in [5.41, 5.74) is -0.391. The topological polar surface area (TPSA) is 48.4 Å². The molecule has 0 amide bonds. The molecule has 0 unspecified atom stereocenters. The maximum Gasteiger partial charge on any atom is 0.342 e. The molecule has 0 fully saturated rings. The minimum absolute atomic E-state index is 0.0182. The van der Waals surface area contributed by atoms with Gasteiger partial charge in [0.05, 0.1) is 20.4 Å². The number of nitrogens with zero attached hydrogens (tertiary/aromatic N) is 1. The molecule has 0 aliphatic rings. The Morgan fingerprint density at radius 1 is 1.44 bits per heavy atom. The number of aromatic nitrogens is 1. The highest BCUT2D eigenvalue weighted by Gasteiger charge is 2.23. The van der Waals surface area contributed by atoms with Crippen LogP contribution in [-0.4, -0.2) is 25.2 Å². The molecule has 0 bridgehead atoms. The number of ether oxygens (including phenoxy) is 2. The van der Waals surface area contributed by atoms with E-state index in [2.05, 4.69) is 9.72 Å². The van der Waals surface area contributed by atoms with Crippen LogP contribution in [-0.2, 0) is 4.74 Å². The Morgan fingerprint density at radius 2 is 2.06 bits per heavy atom. The largest absolute Gasteiger partial charge is 0.494 e. The van der Waals surface area contributed by atoms with E-state index < -0.39 is 18.1 Å². The number of carbonyl (C=O) groups excluding carboxylic acids is 1. The minimum atomic E-state index is -2.74. The van der Waals surface area contributed by atoms with E-state index in [0.717, 1.165) is 6.20 Å². The van der Waals surface area contributed by atoms with Crippen LogP contribution in [0.2, 0.25) is 0 Å². The second-order valence-electron chi connectivity index (χ2n) is 3.00. The van der Waals surface area contributed by atoms with Gasteiger partial charge in [-0.15, -0.1) is 0 Å². The molecule has 88 valence electrons. The lowest BCUT2D eigenvalue weighted by Gasteiger charge is -2.12. The molecule has 0 saturated heterocycles. The van der Waals surface area contributed by atoms with Crippen LogP contribution >= 0.6 is 0 Å². The standard InChI is InChI=1S/C10H11F2NO3/c1-5-7(10(14)16-3)6(15-2)4-13-8(5)9(11)12/h4,9H,1-3H3. The van der Waals surface area contributed by atoms with Crippen molar-refractivity contribution in [1.82, 2.24) is 4.98 Å². The number of hydrogen-bond acceptors (Lipinski definition) is 4. The Bertz CT molecular complexity index is 407. The molecule has 1 rings (SSSR count). The summed E-state index contributed by atoms with van der Waals surface area (Å²) in [6.45, 7) is 1.38. The van der Waals surface area contributed by atoms with Crippen molar-refractivity contribution in [2.75, 3.05) is 14.2 Å². The van der Waals surface area contributed by atoms with E-state index >= 15 is 0 Å². The van der Waals surface area contributed by atoms with Crippen molar-refractivity contribution in [2.24, 2.45) is 0 Å². The maximum atomic E-state index is 12.6. The van der Waals surface area contributed by atoms with Crippen LogP contribution in [0.3, 0.4) is 0 Å². The van der Waals surface area contributed by atoms with Crippen LogP contribution < -0.4 is 4.74 Å². The third-order valence-corrected chi connectivity index (χ3v) is 2.14. The Hall–Kier alpha value is -1.72. The maximum absolute atomic E-state index is 12.6. The van der Waals surface area contributed by atoms with Crippen molar-refractivity contribution in [3.63, 3.8) is 0 Å². The molecule has 0 spiro atoms. The molecule has 4 nitrogen and oxygen atoms in total. The SMILES string of the molecule is COC(=O)c1c(OC)cnc(C(F)F)c1C. The number of pyridine rings is 1. The zero-order valence-electron chi connectivity index (χ0n) is 9.08. The van der Waals surface area contributed by atoms with Gasteiger partial charge in [-0.1, -0.05) is 0 Å². The monoisotopic (exact) mass is 231 g/mol. The highest BCUT2D eigenvalue weighted by Crippen LogP contribution is 2.28. The molecular weight excluding hydrogens is 220 g/mol. The Morgan fingerprint density at radius 3 is 2.50 bits per heavy atom. The molecule has 1 aromatic rings. The predicted octanol–water partition coefficient (Wildman–Crippen LogP) is 2.12. The van der Waals surface area contributed by atoms with Crippen LogP contribution in [0.1, 0.15) is 28.0 Å². The molecule has 6 heteroatoms. The summed E-state index contributed by atoms with van der Waals surface area (Å²) in [6.07, 6.45) is -1.66. The van der Waals surface area contributed by atoms with Crippen molar-refractivity contribution in [3.8, 4) is 5.75 Å². The van der Waals surface area contributed by atoms with E-state index in [0.29, 0.717) is 0 Å². The van der Waals surface area contributed by atoms with Gasteiger partial charge in [0.15, 0.2) is 5.75 Å². The fraction of sp³-hybridized carbons (Fsp3) is 0.400. The van der Waals surface area contributed by atoms with Crippen molar-refractivity contribution < 1.29 is 23.0 Å². The predicted molar refractivity (Wildman–Crippen MR) is 51.8 cm³/mol. The lowest BCUT2D eigenvalue weighted by Crippen LogP contribution is -2.10. The van der Waals surface area contributed by atoms with E-state index in [1.807, 2.05) is 0 Å². The number of hydrogen-bond donors (Lipinski definition) is 0. The van der Waals surface area contributed by atoms with Gasteiger partial charge in [0.1, 0.15) is 11.3 Å². The summed E-state index contributed by atoms with van der Waals surface area (Å²) in [5.74, 6) is -0.604. The molecule has 0 atom stereocenters. The van der Waals surface area contributed by atoms with E-state index in [1.54, 1.807) is 0 Å². The summed E-state index contributed by atoms with van der Waals surface area (Å²) in [6, 6.07) is 0. The van der Waals surface area contributed by atoms with Crippen molar-refractivity contribution in [1.29, 1.82) is 0 Å². The van der Waals surface area contributed by atoms with Gasteiger partial charge in [-0.3, -0.25) is 4.98 Å². The summed E-state index contributed by atoms with van der Waals surface area (Å²) in [7, 11) is 2.49. The Kier molecular flexibility index (Phi) is 3.76. The zero-order valence-corrected chi connectivity index (χ0v) is 9.08. The smallest absolute Gasteiger partial charge is 0.342 e. The summed E-state index contributed by atoms with van der Waals surface area (Å²) in [4.78, 5) is 15.0. The first-order valence-electron chi connectivity index (χ1n) is 4.42. The van der Waals surface area contributed by atoms with Gasteiger partial charge in [-0.2, -0.15) is 0 Å². The molecule has 0 aromatic carbocycles. The highest BCUT2D eigenvalue weighted by atomic mass is 19.3. The lowest BCUT2D eigenvalue weighted by atomic mass is 10.1. The highest BCUT2D eigenvalue weighted by molar-refractivity contribution is 5.94. The average Bonchev–Trinajstić information content (AvgIpc) is 2.26. The van der Waals surface area contributed by atoms with Crippen LogP contribution in [0.5, 0.6) is 5.75 Å². The van der Waals surface area contributed by atoms with Crippen LogP contribution in [0.15, 0.2) is 6.20 Å². The first-order chi connectivity index (χ1) is 7.52. The summed E-state index contributed by atoms with van der Waals surface area (Å²) < 4.78 is 34.5. The lowest BCUT2D eigenvalue weighted by molar-refractivity contribution is 0.0595. The van der Waals surface area contributed by atoms with Gasteiger partial charge in [0.25, 0.3) is 6.43 Å². The molecule has 0 aliphatic carbocycles. The van der Waals surface area contributed by atoms with Gasteiger partial charge in [-0.05, 0) is 12.5 Å². The molecule has 1 aromatic heterocycles. The number of carbonyl (C=O) groups is 1. The third-order valence-electron chi connectivity index (χ3n) is 2.14. The van der Waals surface area contributed by atoms with Crippen molar-refractivity contribution >= 4 is 5.97 Å². The van der Waals surface area contributed by atoms with Crippen molar-refractivity contribution in [2.45, 2.75) is 13.3 Å². The van der Waals surface area contributed by atoms with Gasteiger partial charge < -0.3 is 9.47 Å². The summed E-state index contributed by atoms with van der Waals surface area (Å²) in [5, 5.41) is 0. The van der Waals surface area contributed by atoms with Gasteiger partial charge in [0.2, 0.25) is 0 Å². The first kappa shape index (κ1) is 12.4. The Labute approximate surface area is 91.2 Å². The zero-order chi connectivity index (χ0) is 12.3. The van der Waals surface area contributed by atoms with Crippen LogP contribution in [0.25, 0.3) is 0 Å². The average molecular weight is 231 g/mol. The Balaban J connectivity index is 3.40. The second kappa shape index (κ2) is 4.87. The van der Waals surface area contributed by atoms with E-state index in [4.69, 9.17) is 4.74 Å². The molecule has 0 aliphatic heterocycles. The summed E-state index contributed by atoms with van der Waals surface area (Å²) >= 11 is 0. The fourth-order valence-electron chi connectivity index (χ4n) is 1.33. The van der Waals surface area contributed by atoms with Crippen molar-refractivity contribution in [3.05, 3.63) is 23.0 Å². The van der Waals surface area contributed by atoms with Crippen LogP contribution in [0.4, 0.5) is 8.78 Å². The number of methoxy groups -OCH3 is 2. The molecule has 1 heterocycles. The number of halogens is 2. The molecule has 0 N–H and O–H groups in total. The molecular formula is C10H11F2NO3. The normalized spacial score (nSPS) is 10.4. The van der Waals surface area contributed by atoms with Crippen LogP contribution in [0, 0.1) is 6.92 Å². The van der Waals surface area contributed by atoms with Gasteiger partial charge in [-0.25, -0.2) is 13.6 Å². The van der Waals surface area contributed by atoms with E-state index in [-0.39, 0.29) is 16.9 Å². The number of alkyl halides is 2. The fourth-order valence-corrected chi connectivity index (χ4v) is 1.33. The number of rotatable bonds is 3. The van der Waals surface area contributed by atoms with E-state index in [9.17, 15) is 13.6 Å². The molecule has 0 saturated carbocycles. The number of esters is 1.